The number of aliphatic imine (C=N–C) groups is 1. The van der Waals surface area contributed by atoms with Crippen LogP contribution in [0.25, 0.3) is 0 Å². The van der Waals surface area contributed by atoms with Gasteiger partial charge in [0, 0.05) is 37.0 Å². The van der Waals surface area contributed by atoms with Crippen LogP contribution in [0, 0.1) is 0 Å². The lowest BCUT2D eigenvalue weighted by molar-refractivity contribution is -0.0939. The molecule has 24 heavy (non-hydrogen) atoms. The number of hydrogen-bond donors (Lipinski definition) is 2. The van der Waals surface area contributed by atoms with E-state index in [0.29, 0.717) is 12.2 Å². The first kappa shape index (κ1) is 19.9. The Morgan fingerprint density at radius 2 is 1.96 bits per heavy atom. The molecule has 0 saturated carbocycles. The Balaban J connectivity index is 1.89. The molecule has 3 atom stereocenters. The van der Waals surface area contributed by atoms with Crippen molar-refractivity contribution in [1.82, 2.24) is 15.5 Å². The van der Waals surface area contributed by atoms with Gasteiger partial charge in [-0.05, 0) is 53.2 Å². The summed E-state index contributed by atoms with van der Waals surface area (Å²) in [6.07, 6.45) is 3.27. The fourth-order valence-electron chi connectivity index (χ4n) is 3.40. The third kappa shape index (κ3) is 6.12. The van der Waals surface area contributed by atoms with E-state index in [9.17, 15) is 0 Å². The Labute approximate surface area is 152 Å². The van der Waals surface area contributed by atoms with Crippen LogP contribution in [0.5, 0.6) is 0 Å². The van der Waals surface area contributed by atoms with Crippen molar-refractivity contribution in [1.29, 1.82) is 0 Å². The molecule has 0 bridgehead atoms. The third-order valence-corrected chi connectivity index (χ3v) is 6.16. The Bertz CT molecular complexity index is 400. The first-order chi connectivity index (χ1) is 11.4. The Hall–Kier alpha value is -0.460. The van der Waals surface area contributed by atoms with Crippen molar-refractivity contribution >= 4 is 17.7 Å². The minimum atomic E-state index is 0.0385. The van der Waals surface area contributed by atoms with Crippen LogP contribution in [0.3, 0.4) is 0 Å². The first-order valence-corrected chi connectivity index (χ1v) is 10.5. The van der Waals surface area contributed by atoms with E-state index < -0.39 is 0 Å². The standard InChI is InChI=1S/C18H36N4OS/c1-6-19-17(20-10-16-8-7-9-24-16)21-13-18(4,5)22-11-14(2)23-15(3)12-22/h14-16H,6-13H2,1-5H3,(H2,19,20,21). The zero-order chi connectivity index (χ0) is 17.6. The maximum absolute atomic E-state index is 5.87. The van der Waals surface area contributed by atoms with Gasteiger partial charge in [0.2, 0.25) is 0 Å². The van der Waals surface area contributed by atoms with E-state index >= 15 is 0 Å². The van der Waals surface area contributed by atoms with Crippen LogP contribution in [-0.2, 0) is 4.74 Å². The number of hydrogen-bond acceptors (Lipinski definition) is 4. The number of guanidine groups is 1. The van der Waals surface area contributed by atoms with Crippen molar-refractivity contribution in [2.75, 3.05) is 38.5 Å². The van der Waals surface area contributed by atoms with Gasteiger partial charge in [0.25, 0.3) is 0 Å². The molecule has 2 aliphatic heterocycles. The minimum absolute atomic E-state index is 0.0385. The van der Waals surface area contributed by atoms with Gasteiger partial charge in [-0.25, -0.2) is 0 Å². The topological polar surface area (TPSA) is 48.9 Å². The highest BCUT2D eigenvalue weighted by Gasteiger charge is 2.33. The van der Waals surface area contributed by atoms with Gasteiger partial charge in [0.05, 0.1) is 18.8 Å². The van der Waals surface area contributed by atoms with E-state index in [1.54, 1.807) is 0 Å². The highest BCUT2D eigenvalue weighted by molar-refractivity contribution is 8.00. The summed E-state index contributed by atoms with van der Waals surface area (Å²) in [5.74, 6) is 2.26. The molecule has 0 aromatic rings. The van der Waals surface area contributed by atoms with Gasteiger partial charge in [-0.3, -0.25) is 9.89 Å². The predicted molar refractivity (Wildman–Crippen MR) is 105 cm³/mol. The van der Waals surface area contributed by atoms with Crippen LogP contribution in [-0.4, -0.2) is 72.3 Å². The van der Waals surface area contributed by atoms with Crippen LogP contribution in [0.4, 0.5) is 0 Å². The lowest BCUT2D eigenvalue weighted by Gasteiger charge is -2.44. The van der Waals surface area contributed by atoms with Gasteiger partial charge in [0.15, 0.2) is 5.96 Å². The second-order valence-corrected chi connectivity index (χ2v) is 9.09. The van der Waals surface area contributed by atoms with E-state index in [1.165, 1.54) is 18.6 Å². The van der Waals surface area contributed by atoms with E-state index in [2.05, 4.69) is 61.9 Å². The fraction of sp³-hybridized carbons (Fsp3) is 0.944. The molecule has 2 saturated heterocycles. The Kier molecular flexibility index (Phi) is 7.69. The lowest BCUT2D eigenvalue weighted by atomic mass is 10.0. The van der Waals surface area contributed by atoms with Gasteiger partial charge in [0.1, 0.15) is 0 Å². The van der Waals surface area contributed by atoms with Crippen LogP contribution < -0.4 is 10.6 Å². The summed E-state index contributed by atoms with van der Waals surface area (Å²) in [7, 11) is 0. The summed E-state index contributed by atoms with van der Waals surface area (Å²) in [6, 6.07) is 0. The first-order valence-electron chi connectivity index (χ1n) is 9.45. The minimum Gasteiger partial charge on any atom is -0.373 e. The zero-order valence-corrected chi connectivity index (χ0v) is 16.9. The molecule has 6 heteroatoms. The molecule has 3 unspecified atom stereocenters. The Morgan fingerprint density at radius 1 is 1.25 bits per heavy atom. The van der Waals surface area contributed by atoms with Crippen molar-refractivity contribution in [2.45, 2.75) is 70.5 Å². The highest BCUT2D eigenvalue weighted by Crippen LogP contribution is 2.25. The fourth-order valence-corrected chi connectivity index (χ4v) is 4.60. The molecule has 2 N–H and O–H groups in total. The second-order valence-electron chi connectivity index (χ2n) is 7.69. The number of ether oxygens (including phenoxy) is 1. The predicted octanol–water partition coefficient (Wildman–Crippen LogP) is 2.32. The SMILES string of the molecule is CCNC(=NCC(C)(C)N1CC(C)OC(C)C1)NCC1CCCS1. The molecule has 0 aromatic heterocycles. The van der Waals surface area contributed by atoms with Crippen molar-refractivity contribution in [3.05, 3.63) is 0 Å². The number of nitrogens with one attached hydrogen (secondary N) is 2. The molecule has 0 aromatic carbocycles. The largest absolute Gasteiger partial charge is 0.373 e. The molecular weight excluding hydrogens is 320 g/mol. The zero-order valence-electron chi connectivity index (χ0n) is 16.1. The summed E-state index contributed by atoms with van der Waals surface area (Å²) in [5.41, 5.74) is 0.0385. The molecule has 2 rings (SSSR count). The second kappa shape index (κ2) is 9.30. The monoisotopic (exact) mass is 356 g/mol. The summed E-state index contributed by atoms with van der Waals surface area (Å²) >= 11 is 2.08. The van der Waals surface area contributed by atoms with Gasteiger partial charge in [-0.1, -0.05) is 0 Å². The molecule has 2 heterocycles. The van der Waals surface area contributed by atoms with Crippen LogP contribution >= 0.6 is 11.8 Å². The van der Waals surface area contributed by atoms with Gasteiger partial charge in [-0.15, -0.1) is 0 Å². The molecule has 2 fully saturated rings. The Morgan fingerprint density at radius 3 is 2.54 bits per heavy atom. The summed E-state index contributed by atoms with van der Waals surface area (Å²) in [6.45, 7) is 15.7. The number of thioether (sulfide) groups is 1. The normalized spacial score (nSPS) is 29.7. The van der Waals surface area contributed by atoms with Crippen LogP contribution in [0.1, 0.15) is 47.5 Å². The third-order valence-electron chi connectivity index (χ3n) is 4.77. The molecule has 0 radical (unpaired) electrons. The van der Waals surface area contributed by atoms with E-state index in [4.69, 9.17) is 9.73 Å². The van der Waals surface area contributed by atoms with Crippen LogP contribution in [0.2, 0.25) is 0 Å². The quantitative estimate of drug-likeness (QED) is 0.565. The van der Waals surface area contributed by atoms with Crippen LogP contribution in [0.15, 0.2) is 4.99 Å². The number of nitrogens with zero attached hydrogens (tertiary/aromatic N) is 2. The van der Waals surface area contributed by atoms with E-state index in [0.717, 1.165) is 43.9 Å². The lowest BCUT2D eigenvalue weighted by Crippen LogP contribution is -2.56. The average Bonchev–Trinajstić information content (AvgIpc) is 3.02. The molecule has 140 valence electrons. The molecule has 0 aliphatic carbocycles. The van der Waals surface area contributed by atoms with Gasteiger partial charge < -0.3 is 15.4 Å². The average molecular weight is 357 g/mol. The van der Waals surface area contributed by atoms with Gasteiger partial charge >= 0.3 is 0 Å². The molecule has 0 spiro atoms. The van der Waals surface area contributed by atoms with Crippen molar-refractivity contribution in [2.24, 2.45) is 4.99 Å². The number of rotatable bonds is 6. The van der Waals surface area contributed by atoms with E-state index in [-0.39, 0.29) is 5.54 Å². The highest BCUT2D eigenvalue weighted by atomic mass is 32.2. The smallest absolute Gasteiger partial charge is 0.191 e. The molecule has 5 nitrogen and oxygen atoms in total. The summed E-state index contributed by atoms with van der Waals surface area (Å²) in [4.78, 5) is 7.39. The van der Waals surface area contributed by atoms with Gasteiger partial charge in [-0.2, -0.15) is 11.8 Å². The molecule has 0 amide bonds. The number of morpholine rings is 1. The van der Waals surface area contributed by atoms with E-state index in [1.807, 2.05) is 0 Å². The summed E-state index contributed by atoms with van der Waals surface area (Å²) in [5, 5.41) is 7.66. The van der Waals surface area contributed by atoms with Crippen molar-refractivity contribution in [3.8, 4) is 0 Å². The summed E-state index contributed by atoms with van der Waals surface area (Å²) < 4.78 is 5.87. The molecular formula is C18H36N4OS. The maximum atomic E-state index is 5.87. The van der Waals surface area contributed by atoms with Crippen molar-refractivity contribution < 1.29 is 4.74 Å². The van der Waals surface area contributed by atoms with Crippen molar-refractivity contribution in [3.63, 3.8) is 0 Å². The maximum Gasteiger partial charge on any atom is 0.191 e. The molecule has 2 aliphatic rings.